The number of rotatable bonds is 2. The summed E-state index contributed by atoms with van der Waals surface area (Å²) in [4.78, 5) is -0.0718. The first-order valence-electron chi connectivity index (χ1n) is 5.07. The van der Waals surface area contributed by atoms with Crippen LogP contribution in [0.5, 0.6) is 5.75 Å². The summed E-state index contributed by atoms with van der Waals surface area (Å²) in [7, 11) is 0. The molecule has 0 amide bonds. The molecule has 5 heteroatoms. The van der Waals surface area contributed by atoms with Crippen LogP contribution in [0.25, 0.3) is 0 Å². The molecule has 0 spiro atoms. The van der Waals surface area contributed by atoms with Crippen molar-refractivity contribution in [2.24, 2.45) is 0 Å². The fourth-order valence-corrected chi connectivity index (χ4v) is 4.21. The van der Waals surface area contributed by atoms with E-state index >= 15 is 0 Å². The number of alkyl halides is 1. The van der Waals surface area contributed by atoms with E-state index in [2.05, 4.69) is 63.7 Å². The van der Waals surface area contributed by atoms with Crippen molar-refractivity contribution in [2.45, 2.75) is 4.83 Å². The quantitative estimate of drug-likeness (QED) is 0.387. The average Bonchev–Trinajstić information content (AvgIpc) is 2.36. The van der Waals surface area contributed by atoms with Crippen LogP contribution in [-0.2, 0) is 0 Å². The van der Waals surface area contributed by atoms with E-state index in [1.165, 1.54) is 0 Å². The number of hydrogen-bond acceptors (Lipinski definition) is 1. The van der Waals surface area contributed by atoms with Gasteiger partial charge in [0.2, 0.25) is 0 Å². The van der Waals surface area contributed by atoms with Crippen molar-refractivity contribution >= 4 is 63.7 Å². The second-order valence-electron chi connectivity index (χ2n) is 3.69. The van der Waals surface area contributed by atoms with E-state index < -0.39 is 0 Å². The van der Waals surface area contributed by atoms with Crippen molar-refractivity contribution in [3.05, 3.63) is 60.9 Å². The lowest BCUT2D eigenvalue weighted by atomic mass is 10.0. The number of phenols is 1. The number of para-hydroxylation sites is 1. The lowest BCUT2D eigenvalue weighted by Crippen LogP contribution is -1.95. The minimum absolute atomic E-state index is 0.0718. The second-order valence-corrected chi connectivity index (χ2v) is 7.04. The van der Waals surface area contributed by atoms with Crippen LogP contribution < -0.4 is 0 Å². The van der Waals surface area contributed by atoms with Crippen LogP contribution in [0.2, 0.25) is 0 Å². The number of aromatic hydroxyl groups is 1. The highest BCUT2D eigenvalue weighted by molar-refractivity contribution is 9.14. The molecule has 0 aliphatic rings. The summed E-state index contributed by atoms with van der Waals surface area (Å²) in [5.41, 5.74) is 1.89. The van der Waals surface area contributed by atoms with Gasteiger partial charge in [-0.2, -0.15) is 0 Å². The molecule has 2 rings (SSSR count). The number of phenolic OH excluding ortho intramolecular Hbond substituents is 1. The Morgan fingerprint density at radius 3 is 2.17 bits per heavy atom. The maximum Gasteiger partial charge on any atom is 0.120 e. The zero-order chi connectivity index (χ0) is 13.3. The summed E-state index contributed by atoms with van der Waals surface area (Å²) in [5.74, 6) is 0.283. The van der Waals surface area contributed by atoms with Gasteiger partial charge in [-0.15, -0.1) is 0 Å². The van der Waals surface area contributed by atoms with Crippen molar-refractivity contribution in [1.82, 2.24) is 0 Å². The lowest BCUT2D eigenvalue weighted by Gasteiger charge is -2.15. The minimum Gasteiger partial charge on any atom is -0.508 e. The first-order chi connectivity index (χ1) is 8.52. The van der Waals surface area contributed by atoms with Gasteiger partial charge in [0, 0.05) is 19.0 Å². The third-order valence-electron chi connectivity index (χ3n) is 2.55. The maximum atomic E-state index is 9.89. The predicted octanol–water partition coefficient (Wildman–Crippen LogP) is 6.16. The Hall–Kier alpha value is 0.160. The summed E-state index contributed by atoms with van der Waals surface area (Å²) in [6.07, 6.45) is 0. The molecule has 1 unspecified atom stereocenters. The highest BCUT2D eigenvalue weighted by atomic mass is 79.9. The van der Waals surface area contributed by atoms with Crippen LogP contribution >= 0.6 is 63.7 Å². The van der Waals surface area contributed by atoms with Crippen LogP contribution in [0.4, 0.5) is 0 Å². The highest BCUT2D eigenvalue weighted by Gasteiger charge is 2.18. The highest BCUT2D eigenvalue weighted by Crippen LogP contribution is 2.43. The third-order valence-corrected chi connectivity index (χ3v) is 6.94. The SMILES string of the molecule is Oc1ccccc1C(Br)c1ccc(Br)c(Br)c1Br. The van der Waals surface area contributed by atoms with Gasteiger partial charge in [0.05, 0.1) is 4.83 Å². The largest absolute Gasteiger partial charge is 0.508 e. The number of hydrogen-bond donors (Lipinski definition) is 1. The molecule has 0 bridgehead atoms. The summed E-state index contributed by atoms with van der Waals surface area (Å²) in [5, 5.41) is 9.89. The minimum atomic E-state index is -0.0718. The summed E-state index contributed by atoms with van der Waals surface area (Å²) < 4.78 is 2.90. The molecule has 0 fully saturated rings. The van der Waals surface area contributed by atoms with E-state index in [1.54, 1.807) is 6.07 Å². The summed E-state index contributed by atoms with van der Waals surface area (Å²) >= 11 is 14.2. The molecule has 1 nitrogen and oxygen atoms in total. The summed E-state index contributed by atoms with van der Waals surface area (Å²) in [6.45, 7) is 0. The van der Waals surface area contributed by atoms with Gasteiger partial charge in [0.1, 0.15) is 5.75 Å². The predicted molar refractivity (Wildman–Crippen MR) is 88.4 cm³/mol. The van der Waals surface area contributed by atoms with Crippen molar-refractivity contribution in [1.29, 1.82) is 0 Å². The molecule has 0 saturated carbocycles. The van der Waals surface area contributed by atoms with Crippen LogP contribution in [-0.4, -0.2) is 5.11 Å². The molecule has 2 aromatic carbocycles. The Labute approximate surface area is 139 Å². The van der Waals surface area contributed by atoms with Crippen LogP contribution in [0.3, 0.4) is 0 Å². The molecule has 94 valence electrons. The molecular weight excluding hydrogens is 492 g/mol. The molecule has 1 atom stereocenters. The monoisotopic (exact) mass is 496 g/mol. The topological polar surface area (TPSA) is 20.2 Å². The van der Waals surface area contributed by atoms with Gasteiger partial charge in [-0.3, -0.25) is 0 Å². The fraction of sp³-hybridized carbons (Fsp3) is 0.0769. The van der Waals surface area contributed by atoms with Gasteiger partial charge in [-0.1, -0.05) is 40.2 Å². The fourth-order valence-electron chi connectivity index (χ4n) is 1.61. The number of benzene rings is 2. The Balaban J connectivity index is 2.50. The Morgan fingerprint density at radius 1 is 0.833 bits per heavy atom. The van der Waals surface area contributed by atoms with Crippen molar-refractivity contribution < 1.29 is 5.11 Å². The van der Waals surface area contributed by atoms with E-state index in [0.29, 0.717) is 0 Å². The standard InChI is InChI=1S/C13H8Br4O/c14-9-6-5-8(12(16)13(9)17)11(15)7-3-1-2-4-10(7)18/h1-6,11,18H. The Kier molecular flexibility index (Phi) is 4.92. The lowest BCUT2D eigenvalue weighted by molar-refractivity contribution is 0.469. The molecule has 18 heavy (non-hydrogen) atoms. The molecule has 2 aromatic rings. The van der Waals surface area contributed by atoms with Gasteiger partial charge in [0.25, 0.3) is 0 Å². The molecule has 1 N–H and O–H groups in total. The maximum absolute atomic E-state index is 9.89. The van der Waals surface area contributed by atoms with Gasteiger partial charge >= 0.3 is 0 Å². The normalized spacial score (nSPS) is 12.4. The second kappa shape index (κ2) is 6.07. The zero-order valence-corrected chi connectivity index (χ0v) is 15.3. The number of halogens is 4. The Morgan fingerprint density at radius 2 is 1.50 bits per heavy atom. The first-order valence-corrected chi connectivity index (χ1v) is 8.37. The van der Waals surface area contributed by atoms with E-state index in [1.807, 2.05) is 30.3 Å². The molecule has 0 heterocycles. The van der Waals surface area contributed by atoms with Crippen LogP contribution in [0.15, 0.2) is 49.8 Å². The molecule has 0 radical (unpaired) electrons. The molecule has 0 aliphatic heterocycles. The Bertz CT molecular complexity index is 583. The van der Waals surface area contributed by atoms with Gasteiger partial charge in [-0.05, 0) is 65.5 Å². The van der Waals surface area contributed by atoms with E-state index in [0.717, 1.165) is 24.5 Å². The van der Waals surface area contributed by atoms with Crippen molar-refractivity contribution in [2.75, 3.05) is 0 Å². The molecule has 0 saturated heterocycles. The van der Waals surface area contributed by atoms with Gasteiger partial charge < -0.3 is 5.11 Å². The first kappa shape index (κ1) is 14.6. The van der Waals surface area contributed by atoms with E-state index in [4.69, 9.17) is 0 Å². The zero-order valence-electron chi connectivity index (χ0n) is 9.00. The van der Waals surface area contributed by atoms with E-state index in [9.17, 15) is 5.11 Å². The average molecular weight is 500 g/mol. The molecule has 0 aromatic heterocycles. The van der Waals surface area contributed by atoms with Crippen LogP contribution in [0.1, 0.15) is 16.0 Å². The van der Waals surface area contributed by atoms with Gasteiger partial charge in [0.15, 0.2) is 0 Å². The van der Waals surface area contributed by atoms with Crippen molar-refractivity contribution in [3.63, 3.8) is 0 Å². The van der Waals surface area contributed by atoms with Crippen molar-refractivity contribution in [3.8, 4) is 5.75 Å². The molecular formula is C13H8Br4O. The molecule has 0 aliphatic carbocycles. The van der Waals surface area contributed by atoms with Gasteiger partial charge in [-0.25, -0.2) is 0 Å². The summed E-state index contributed by atoms with van der Waals surface area (Å²) in [6, 6.07) is 11.3. The van der Waals surface area contributed by atoms with E-state index in [-0.39, 0.29) is 10.6 Å². The smallest absolute Gasteiger partial charge is 0.120 e. The third kappa shape index (κ3) is 2.84. The van der Waals surface area contributed by atoms with Crippen LogP contribution in [0, 0.1) is 0 Å².